The molecule has 0 atom stereocenters. The van der Waals surface area contributed by atoms with Crippen molar-refractivity contribution < 1.29 is 0 Å². The highest BCUT2D eigenvalue weighted by atomic mass is 14.1. The summed E-state index contributed by atoms with van der Waals surface area (Å²) in [5.74, 6) is 0.811. The van der Waals surface area contributed by atoms with E-state index >= 15 is 0 Å². The molecular formula is C15H28. The summed E-state index contributed by atoms with van der Waals surface area (Å²) >= 11 is 0. The van der Waals surface area contributed by atoms with Crippen LogP contribution in [0.5, 0.6) is 0 Å². The summed E-state index contributed by atoms with van der Waals surface area (Å²) in [5, 5.41) is 0. The van der Waals surface area contributed by atoms with E-state index in [2.05, 4.69) is 12.7 Å². The zero-order valence-electron chi connectivity index (χ0n) is 10.3. The first kappa shape index (κ1) is 12.8. The molecule has 1 fully saturated rings. The fourth-order valence-corrected chi connectivity index (χ4v) is 2.61. The van der Waals surface area contributed by atoms with Crippen molar-refractivity contribution in [3.63, 3.8) is 0 Å². The molecule has 0 aliphatic heterocycles. The largest absolute Gasteiger partial charge is 0.103 e. The van der Waals surface area contributed by atoms with Crippen LogP contribution in [-0.4, -0.2) is 0 Å². The van der Waals surface area contributed by atoms with Gasteiger partial charge in [-0.1, -0.05) is 70.3 Å². The van der Waals surface area contributed by atoms with Gasteiger partial charge < -0.3 is 0 Å². The Balaban J connectivity index is 2.20. The first-order valence-corrected chi connectivity index (χ1v) is 7.06. The van der Waals surface area contributed by atoms with Gasteiger partial charge in [0.2, 0.25) is 0 Å². The second-order valence-corrected chi connectivity index (χ2v) is 5.11. The summed E-state index contributed by atoms with van der Waals surface area (Å²) in [6.07, 6.45) is 19.6. The van der Waals surface area contributed by atoms with Gasteiger partial charge >= 0.3 is 0 Å². The fraction of sp³-hybridized carbons (Fsp3) is 0.867. The smallest absolute Gasteiger partial charge is 0.0236 e. The summed E-state index contributed by atoms with van der Waals surface area (Å²) in [7, 11) is 0. The first-order chi connectivity index (χ1) is 7.43. The van der Waals surface area contributed by atoms with E-state index in [1.807, 2.05) is 0 Å². The predicted octanol–water partition coefficient (Wildman–Crippen LogP) is 5.48. The predicted molar refractivity (Wildman–Crippen MR) is 69.1 cm³/mol. The average Bonchev–Trinajstić information content (AvgIpc) is 2.29. The van der Waals surface area contributed by atoms with E-state index in [0.29, 0.717) is 0 Å². The Labute approximate surface area is 96.2 Å². The second kappa shape index (κ2) is 9.00. The van der Waals surface area contributed by atoms with Gasteiger partial charge in [-0.25, -0.2) is 0 Å². The molecule has 1 rings (SSSR count). The molecule has 1 saturated carbocycles. The van der Waals surface area contributed by atoms with Gasteiger partial charge in [0.1, 0.15) is 0 Å². The van der Waals surface area contributed by atoms with E-state index in [9.17, 15) is 0 Å². The van der Waals surface area contributed by atoms with Crippen LogP contribution >= 0.6 is 0 Å². The Bertz CT molecular complexity index is 134. The standard InChI is InChI=1S/C15H28/c1-2-15-13-11-9-7-5-3-4-6-8-10-12-14-15/h2,15H,1,3-14H2. The molecule has 0 unspecified atom stereocenters. The number of allylic oxidation sites excluding steroid dienone is 1. The van der Waals surface area contributed by atoms with Gasteiger partial charge in [0.05, 0.1) is 0 Å². The van der Waals surface area contributed by atoms with Crippen molar-refractivity contribution in [3.05, 3.63) is 12.7 Å². The summed E-state index contributed by atoms with van der Waals surface area (Å²) in [4.78, 5) is 0. The van der Waals surface area contributed by atoms with Crippen molar-refractivity contribution in [1.82, 2.24) is 0 Å². The Morgan fingerprint density at radius 1 is 0.600 bits per heavy atom. The Morgan fingerprint density at radius 2 is 0.933 bits per heavy atom. The zero-order valence-corrected chi connectivity index (χ0v) is 10.3. The van der Waals surface area contributed by atoms with Crippen molar-refractivity contribution in [2.45, 2.75) is 77.0 Å². The number of rotatable bonds is 1. The molecule has 0 amide bonds. The highest BCUT2D eigenvalue weighted by Crippen LogP contribution is 2.21. The lowest BCUT2D eigenvalue weighted by atomic mass is 9.95. The number of hydrogen-bond donors (Lipinski definition) is 0. The zero-order chi connectivity index (χ0) is 10.8. The lowest BCUT2D eigenvalue weighted by molar-refractivity contribution is 0.477. The normalized spacial score (nSPS) is 23.5. The van der Waals surface area contributed by atoms with E-state index in [4.69, 9.17) is 0 Å². The molecule has 1 aliphatic rings. The van der Waals surface area contributed by atoms with E-state index < -0.39 is 0 Å². The van der Waals surface area contributed by atoms with Gasteiger partial charge in [-0.2, -0.15) is 0 Å². The lowest BCUT2D eigenvalue weighted by Gasteiger charge is -2.11. The van der Waals surface area contributed by atoms with Crippen LogP contribution in [-0.2, 0) is 0 Å². The van der Waals surface area contributed by atoms with Crippen LogP contribution in [0.15, 0.2) is 12.7 Å². The van der Waals surface area contributed by atoms with Gasteiger partial charge in [0, 0.05) is 0 Å². The van der Waals surface area contributed by atoms with Crippen LogP contribution in [0, 0.1) is 5.92 Å². The fourth-order valence-electron chi connectivity index (χ4n) is 2.61. The molecule has 0 N–H and O–H groups in total. The van der Waals surface area contributed by atoms with Crippen molar-refractivity contribution >= 4 is 0 Å². The van der Waals surface area contributed by atoms with Gasteiger partial charge in [0.15, 0.2) is 0 Å². The minimum absolute atomic E-state index is 0.811. The number of hydrogen-bond acceptors (Lipinski definition) is 0. The van der Waals surface area contributed by atoms with Crippen LogP contribution in [0.3, 0.4) is 0 Å². The maximum atomic E-state index is 3.97. The molecule has 0 aromatic rings. The van der Waals surface area contributed by atoms with Crippen LogP contribution in [0.25, 0.3) is 0 Å². The maximum absolute atomic E-state index is 3.97. The molecule has 0 radical (unpaired) electrons. The summed E-state index contributed by atoms with van der Waals surface area (Å²) in [5.41, 5.74) is 0. The quantitative estimate of drug-likeness (QED) is 0.500. The van der Waals surface area contributed by atoms with E-state index in [0.717, 1.165) is 5.92 Å². The molecule has 15 heavy (non-hydrogen) atoms. The van der Waals surface area contributed by atoms with E-state index in [-0.39, 0.29) is 0 Å². The highest BCUT2D eigenvalue weighted by Gasteiger charge is 2.04. The molecule has 0 aromatic heterocycles. The van der Waals surface area contributed by atoms with Crippen molar-refractivity contribution in [1.29, 1.82) is 0 Å². The third-order valence-electron chi connectivity index (χ3n) is 3.73. The highest BCUT2D eigenvalue weighted by molar-refractivity contribution is 4.78. The molecule has 1 aliphatic carbocycles. The molecule has 0 saturated heterocycles. The second-order valence-electron chi connectivity index (χ2n) is 5.11. The topological polar surface area (TPSA) is 0 Å². The SMILES string of the molecule is C=CC1CCCCCCCCCCCC1. The molecule has 0 heteroatoms. The lowest BCUT2D eigenvalue weighted by Crippen LogP contribution is -1.96. The van der Waals surface area contributed by atoms with E-state index in [1.165, 1.54) is 77.0 Å². The molecule has 0 heterocycles. The van der Waals surface area contributed by atoms with Gasteiger partial charge in [-0.05, 0) is 18.8 Å². The summed E-state index contributed by atoms with van der Waals surface area (Å²) in [6.45, 7) is 3.97. The maximum Gasteiger partial charge on any atom is -0.0236 e. The Hall–Kier alpha value is -0.260. The van der Waals surface area contributed by atoms with Crippen molar-refractivity contribution in [2.24, 2.45) is 5.92 Å². The minimum Gasteiger partial charge on any atom is -0.103 e. The molecule has 0 aromatic carbocycles. The summed E-state index contributed by atoms with van der Waals surface area (Å²) in [6, 6.07) is 0. The van der Waals surface area contributed by atoms with Crippen LogP contribution < -0.4 is 0 Å². The average molecular weight is 208 g/mol. The van der Waals surface area contributed by atoms with Gasteiger partial charge in [0.25, 0.3) is 0 Å². The Kier molecular flexibility index (Phi) is 7.69. The molecular weight excluding hydrogens is 180 g/mol. The third-order valence-corrected chi connectivity index (χ3v) is 3.73. The van der Waals surface area contributed by atoms with Crippen molar-refractivity contribution in [2.75, 3.05) is 0 Å². The third kappa shape index (κ3) is 6.76. The molecule has 0 nitrogen and oxygen atoms in total. The molecule has 88 valence electrons. The first-order valence-electron chi connectivity index (χ1n) is 7.06. The summed E-state index contributed by atoms with van der Waals surface area (Å²) < 4.78 is 0. The molecule has 0 bridgehead atoms. The van der Waals surface area contributed by atoms with Crippen LogP contribution in [0.1, 0.15) is 77.0 Å². The van der Waals surface area contributed by atoms with Crippen LogP contribution in [0.4, 0.5) is 0 Å². The van der Waals surface area contributed by atoms with E-state index in [1.54, 1.807) is 0 Å². The van der Waals surface area contributed by atoms with Gasteiger partial charge in [-0.15, -0.1) is 6.58 Å². The minimum atomic E-state index is 0.811. The van der Waals surface area contributed by atoms with Crippen molar-refractivity contribution in [3.8, 4) is 0 Å². The molecule has 0 spiro atoms. The monoisotopic (exact) mass is 208 g/mol. The van der Waals surface area contributed by atoms with Gasteiger partial charge in [-0.3, -0.25) is 0 Å². The Morgan fingerprint density at radius 3 is 1.27 bits per heavy atom. The van der Waals surface area contributed by atoms with Crippen LogP contribution in [0.2, 0.25) is 0 Å².